The number of rotatable bonds is 3. The standard InChI is InChI=1S/C22H26O3/c1-4-5-17-10-14(2)20(15(3)11-17)21-19(23)13-18(22(21)24)12-16-6-8-25-9-7-16/h10-11,16,18,24H,6-9,12-13H2,1-3H3. The molecule has 1 N–H and O–H groups in total. The van der Waals surface area contributed by atoms with E-state index in [1.807, 2.05) is 32.9 Å². The van der Waals surface area contributed by atoms with Gasteiger partial charge in [0.25, 0.3) is 0 Å². The van der Waals surface area contributed by atoms with E-state index in [4.69, 9.17) is 4.74 Å². The van der Waals surface area contributed by atoms with Gasteiger partial charge < -0.3 is 9.84 Å². The Hall–Kier alpha value is -2.05. The zero-order valence-corrected chi connectivity index (χ0v) is 15.3. The van der Waals surface area contributed by atoms with E-state index in [-0.39, 0.29) is 17.5 Å². The Morgan fingerprint density at radius 3 is 2.44 bits per heavy atom. The van der Waals surface area contributed by atoms with Gasteiger partial charge in [0.15, 0.2) is 5.78 Å². The smallest absolute Gasteiger partial charge is 0.167 e. The molecule has 0 radical (unpaired) electrons. The van der Waals surface area contributed by atoms with E-state index in [2.05, 4.69) is 11.8 Å². The molecule has 1 aliphatic carbocycles. The molecule has 0 aromatic heterocycles. The third-order valence-corrected chi connectivity index (χ3v) is 5.36. The van der Waals surface area contributed by atoms with Crippen LogP contribution in [0.5, 0.6) is 0 Å². The lowest BCUT2D eigenvalue weighted by Gasteiger charge is -2.24. The van der Waals surface area contributed by atoms with Gasteiger partial charge in [-0.25, -0.2) is 0 Å². The van der Waals surface area contributed by atoms with Crippen molar-refractivity contribution in [3.63, 3.8) is 0 Å². The molecule has 0 bridgehead atoms. The molecule has 1 aliphatic heterocycles. The number of ether oxygens (including phenoxy) is 1. The van der Waals surface area contributed by atoms with E-state index in [1.165, 1.54) is 0 Å². The summed E-state index contributed by atoms with van der Waals surface area (Å²) >= 11 is 0. The van der Waals surface area contributed by atoms with E-state index in [9.17, 15) is 9.90 Å². The quantitative estimate of drug-likeness (QED) is 0.834. The summed E-state index contributed by atoms with van der Waals surface area (Å²) in [5, 5.41) is 10.8. The minimum absolute atomic E-state index is 0.0421. The lowest BCUT2D eigenvalue weighted by atomic mass is 9.88. The number of allylic oxidation sites excluding steroid dienone is 2. The van der Waals surface area contributed by atoms with Gasteiger partial charge in [0.1, 0.15) is 5.76 Å². The molecule has 1 fully saturated rings. The number of carbonyl (C=O) groups is 1. The van der Waals surface area contributed by atoms with Gasteiger partial charge in [-0.05, 0) is 74.8 Å². The van der Waals surface area contributed by atoms with Crippen LogP contribution >= 0.6 is 0 Å². The second kappa shape index (κ2) is 7.45. The number of aliphatic hydroxyl groups excluding tert-OH is 1. The predicted octanol–water partition coefficient (Wildman–Crippen LogP) is 4.35. The molecule has 2 aliphatic rings. The summed E-state index contributed by atoms with van der Waals surface area (Å²) in [6.45, 7) is 7.38. The topological polar surface area (TPSA) is 46.5 Å². The number of hydrogen-bond acceptors (Lipinski definition) is 3. The largest absolute Gasteiger partial charge is 0.511 e. The molecule has 0 spiro atoms. The molecule has 25 heavy (non-hydrogen) atoms. The Bertz CT molecular complexity index is 747. The van der Waals surface area contributed by atoms with E-state index in [1.54, 1.807) is 0 Å². The third-order valence-electron chi connectivity index (χ3n) is 5.36. The zero-order valence-electron chi connectivity index (χ0n) is 15.3. The van der Waals surface area contributed by atoms with Crippen LogP contribution < -0.4 is 0 Å². The molecule has 0 saturated carbocycles. The van der Waals surface area contributed by atoms with Gasteiger partial charge in [-0.3, -0.25) is 4.79 Å². The lowest BCUT2D eigenvalue weighted by molar-refractivity contribution is -0.113. The number of benzene rings is 1. The van der Waals surface area contributed by atoms with Crippen molar-refractivity contribution < 1.29 is 14.6 Å². The van der Waals surface area contributed by atoms with E-state index < -0.39 is 0 Å². The fraction of sp³-hybridized carbons (Fsp3) is 0.500. The van der Waals surface area contributed by atoms with Crippen LogP contribution in [0, 0.1) is 37.5 Å². The summed E-state index contributed by atoms with van der Waals surface area (Å²) in [7, 11) is 0. The van der Waals surface area contributed by atoms with Crippen molar-refractivity contribution in [2.24, 2.45) is 11.8 Å². The molecule has 1 aromatic carbocycles. The maximum absolute atomic E-state index is 12.7. The molecule has 1 aromatic rings. The Labute approximate surface area is 150 Å². The van der Waals surface area contributed by atoms with Crippen molar-refractivity contribution in [3.8, 4) is 11.8 Å². The summed E-state index contributed by atoms with van der Waals surface area (Å²) in [5.74, 6) is 6.83. The molecular formula is C22H26O3. The van der Waals surface area contributed by atoms with Crippen molar-refractivity contribution in [1.29, 1.82) is 0 Å². The molecular weight excluding hydrogens is 312 g/mol. The summed E-state index contributed by atoms with van der Waals surface area (Å²) in [6, 6.07) is 4.00. The molecule has 1 heterocycles. The van der Waals surface area contributed by atoms with E-state index >= 15 is 0 Å². The minimum Gasteiger partial charge on any atom is -0.511 e. The van der Waals surface area contributed by atoms with E-state index in [0.717, 1.165) is 54.7 Å². The molecule has 3 rings (SSSR count). The van der Waals surface area contributed by atoms with Crippen molar-refractivity contribution in [1.82, 2.24) is 0 Å². The summed E-state index contributed by atoms with van der Waals surface area (Å²) < 4.78 is 5.41. The Balaban J connectivity index is 1.92. The van der Waals surface area contributed by atoms with Gasteiger partial charge in [-0.15, -0.1) is 5.92 Å². The van der Waals surface area contributed by atoms with Crippen LogP contribution in [-0.2, 0) is 9.53 Å². The SMILES string of the molecule is CC#Cc1cc(C)c(C2=C(O)C(CC3CCOCC3)CC2=O)c(C)c1. The van der Waals surface area contributed by atoms with Crippen molar-refractivity contribution in [3.05, 3.63) is 40.1 Å². The van der Waals surface area contributed by atoms with Crippen LogP contribution in [0.3, 0.4) is 0 Å². The first-order valence-corrected chi connectivity index (χ1v) is 9.09. The highest BCUT2D eigenvalue weighted by atomic mass is 16.5. The lowest BCUT2D eigenvalue weighted by Crippen LogP contribution is -2.19. The highest BCUT2D eigenvalue weighted by molar-refractivity contribution is 6.24. The highest BCUT2D eigenvalue weighted by Gasteiger charge is 2.36. The van der Waals surface area contributed by atoms with Crippen LogP contribution in [0.1, 0.15) is 54.9 Å². The van der Waals surface area contributed by atoms with Crippen LogP contribution in [-0.4, -0.2) is 24.1 Å². The molecule has 1 unspecified atom stereocenters. The zero-order chi connectivity index (χ0) is 18.0. The van der Waals surface area contributed by atoms with Crippen molar-refractivity contribution in [2.45, 2.75) is 46.5 Å². The number of carbonyl (C=O) groups excluding carboxylic acids is 1. The van der Waals surface area contributed by atoms with Crippen molar-refractivity contribution >= 4 is 11.4 Å². The monoisotopic (exact) mass is 338 g/mol. The van der Waals surface area contributed by atoms with Crippen molar-refractivity contribution in [2.75, 3.05) is 13.2 Å². The number of Topliss-reactive ketones (excluding diaryl/α,β-unsaturated/α-hetero) is 1. The number of hydrogen-bond donors (Lipinski definition) is 1. The average molecular weight is 338 g/mol. The number of aryl methyl sites for hydroxylation is 2. The fourth-order valence-electron chi connectivity index (χ4n) is 4.19. The first-order valence-electron chi connectivity index (χ1n) is 9.09. The predicted molar refractivity (Wildman–Crippen MR) is 99.3 cm³/mol. The maximum Gasteiger partial charge on any atom is 0.167 e. The van der Waals surface area contributed by atoms with Crippen LogP contribution in [0.25, 0.3) is 5.57 Å². The van der Waals surface area contributed by atoms with Crippen LogP contribution in [0.4, 0.5) is 0 Å². The minimum atomic E-state index is -0.0421. The summed E-state index contributed by atoms with van der Waals surface area (Å²) in [5.41, 5.74) is 4.37. The first-order chi connectivity index (χ1) is 12.0. The second-order valence-corrected chi connectivity index (χ2v) is 7.24. The molecule has 3 heteroatoms. The Morgan fingerprint density at radius 1 is 1.20 bits per heavy atom. The van der Waals surface area contributed by atoms with Gasteiger partial charge in [0.05, 0.1) is 5.57 Å². The molecule has 0 amide bonds. The van der Waals surface area contributed by atoms with E-state index in [0.29, 0.717) is 17.9 Å². The second-order valence-electron chi connectivity index (χ2n) is 7.24. The number of ketones is 1. The van der Waals surface area contributed by atoms with Crippen LogP contribution in [0.15, 0.2) is 17.9 Å². The molecule has 1 saturated heterocycles. The van der Waals surface area contributed by atoms with Gasteiger partial charge in [0, 0.05) is 31.1 Å². The average Bonchev–Trinajstić information content (AvgIpc) is 2.83. The Morgan fingerprint density at radius 2 is 1.84 bits per heavy atom. The normalized spacial score (nSPS) is 21.4. The third kappa shape index (κ3) is 3.65. The van der Waals surface area contributed by atoms with Gasteiger partial charge in [0.2, 0.25) is 0 Å². The molecule has 3 nitrogen and oxygen atoms in total. The summed E-state index contributed by atoms with van der Waals surface area (Å²) in [4.78, 5) is 12.7. The van der Waals surface area contributed by atoms with Gasteiger partial charge >= 0.3 is 0 Å². The number of aliphatic hydroxyl groups is 1. The molecule has 132 valence electrons. The Kier molecular flexibility index (Phi) is 5.30. The fourth-order valence-corrected chi connectivity index (χ4v) is 4.19. The van der Waals surface area contributed by atoms with Gasteiger partial charge in [-0.2, -0.15) is 0 Å². The maximum atomic E-state index is 12.7. The van der Waals surface area contributed by atoms with Gasteiger partial charge in [-0.1, -0.05) is 5.92 Å². The molecule has 1 atom stereocenters. The summed E-state index contributed by atoms with van der Waals surface area (Å²) in [6.07, 6.45) is 3.35. The van der Waals surface area contributed by atoms with Crippen LogP contribution in [0.2, 0.25) is 0 Å². The first kappa shape index (κ1) is 17.8. The highest BCUT2D eigenvalue weighted by Crippen LogP contribution is 2.41.